The Morgan fingerprint density at radius 3 is 1.70 bits per heavy atom. The number of fused-ring (bicyclic) bond motifs is 3. The van der Waals surface area contributed by atoms with Gasteiger partial charge in [0.05, 0.1) is 0 Å². The van der Waals surface area contributed by atoms with E-state index in [2.05, 4.69) is 97.2 Å². The predicted molar refractivity (Wildman–Crippen MR) is 183 cm³/mol. The molecule has 4 saturated carbocycles. The lowest BCUT2D eigenvalue weighted by atomic mass is 9.43. The first-order valence-electron chi connectivity index (χ1n) is 16.8. The van der Waals surface area contributed by atoms with E-state index in [4.69, 9.17) is 19.9 Å². The summed E-state index contributed by atoms with van der Waals surface area (Å²) in [5.41, 5.74) is 11.0. The van der Waals surface area contributed by atoms with Crippen molar-refractivity contribution in [3.8, 4) is 56.4 Å². The normalized spacial score (nSPS) is 25.0. The van der Waals surface area contributed by atoms with Crippen LogP contribution in [0.1, 0.15) is 43.2 Å². The molecule has 0 atom stereocenters. The summed E-state index contributed by atoms with van der Waals surface area (Å²) in [5.74, 6) is 5.30. The van der Waals surface area contributed by atoms with Crippen molar-refractivity contribution in [1.82, 2.24) is 19.9 Å². The van der Waals surface area contributed by atoms with Crippen molar-refractivity contribution < 1.29 is 0 Å². The first kappa shape index (κ1) is 26.3. The van der Waals surface area contributed by atoms with E-state index in [1.54, 1.807) is 0 Å². The fourth-order valence-electron chi connectivity index (χ4n) is 10.1. The zero-order valence-corrected chi connectivity index (χ0v) is 25.7. The highest BCUT2D eigenvalue weighted by Crippen LogP contribution is 2.69. The van der Waals surface area contributed by atoms with Crippen LogP contribution in [0.5, 0.6) is 0 Å². The van der Waals surface area contributed by atoms with Gasteiger partial charge in [-0.1, -0.05) is 103 Å². The summed E-state index contributed by atoms with van der Waals surface area (Å²) in [6.07, 6.45) is 11.0. The van der Waals surface area contributed by atoms with Crippen molar-refractivity contribution in [2.45, 2.75) is 37.5 Å². The molecule has 4 fully saturated rings. The molecule has 0 radical (unpaired) electrons. The smallest absolute Gasteiger partial charge is 0.164 e. The van der Waals surface area contributed by atoms with E-state index >= 15 is 0 Å². The van der Waals surface area contributed by atoms with E-state index in [1.165, 1.54) is 65.5 Å². The van der Waals surface area contributed by atoms with E-state index in [9.17, 15) is 0 Å². The van der Waals surface area contributed by atoms with Gasteiger partial charge in [-0.05, 0) is 89.7 Å². The molecule has 5 aliphatic carbocycles. The molecule has 1 spiro atoms. The summed E-state index contributed by atoms with van der Waals surface area (Å²) in [7, 11) is 0. The van der Waals surface area contributed by atoms with Crippen LogP contribution in [0.25, 0.3) is 56.4 Å². The van der Waals surface area contributed by atoms with Crippen molar-refractivity contribution in [2.75, 3.05) is 0 Å². The second-order valence-electron chi connectivity index (χ2n) is 13.9. The Bertz CT molecular complexity index is 2070. The van der Waals surface area contributed by atoms with Gasteiger partial charge in [0.2, 0.25) is 0 Å². The molecule has 4 bridgehead atoms. The van der Waals surface area contributed by atoms with Crippen LogP contribution in [0.3, 0.4) is 0 Å². The third-order valence-electron chi connectivity index (χ3n) is 11.6. The Morgan fingerprint density at radius 2 is 1.02 bits per heavy atom. The van der Waals surface area contributed by atoms with Crippen LogP contribution in [-0.2, 0) is 5.41 Å². The molecule has 0 amide bonds. The molecule has 4 heteroatoms. The average Bonchev–Trinajstić information content (AvgIpc) is 3.42. The lowest BCUT2D eigenvalue weighted by molar-refractivity contribution is -0.0399. The molecule has 46 heavy (non-hydrogen) atoms. The van der Waals surface area contributed by atoms with E-state index in [0.29, 0.717) is 23.5 Å². The van der Waals surface area contributed by atoms with Crippen LogP contribution in [0.2, 0.25) is 0 Å². The van der Waals surface area contributed by atoms with Crippen LogP contribution in [0.15, 0.2) is 122 Å². The standard InChI is InChI=1S/C42H34N4/c1-3-8-28(9-4-1)29-14-16-31(17-15-29)40-44-39(30-10-5-2-6-11-30)45-41(46-40)34-12-7-13-37-38(34)35-25-43-19-18-36(35)42(37)32-21-26-20-27(23-32)24-33(42)22-26/h1-19,25-27,32-33H,20-24H2. The first-order valence-corrected chi connectivity index (χ1v) is 16.8. The summed E-state index contributed by atoms with van der Waals surface area (Å²) < 4.78 is 0. The third-order valence-corrected chi connectivity index (χ3v) is 11.6. The monoisotopic (exact) mass is 594 g/mol. The Labute approximate surface area is 269 Å². The van der Waals surface area contributed by atoms with Crippen molar-refractivity contribution in [3.63, 3.8) is 0 Å². The molecule has 0 saturated heterocycles. The number of hydrogen-bond acceptors (Lipinski definition) is 4. The number of hydrogen-bond donors (Lipinski definition) is 0. The fraction of sp³-hybridized carbons (Fsp3) is 0.238. The first-order chi connectivity index (χ1) is 22.8. The lowest BCUT2D eigenvalue weighted by Gasteiger charge is -2.61. The van der Waals surface area contributed by atoms with Crippen LogP contribution in [-0.4, -0.2) is 19.9 Å². The molecule has 2 aromatic heterocycles. The van der Waals surface area contributed by atoms with Gasteiger partial charge in [0.25, 0.3) is 0 Å². The second-order valence-corrected chi connectivity index (χ2v) is 13.9. The molecule has 4 aromatic carbocycles. The largest absolute Gasteiger partial charge is 0.264 e. The van der Waals surface area contributed by atoms with Crippen LogP contribution in [0, 0.1) is 23.7 Å². The number of rotatable bonds is 4. The van der Waals surface area contributed by atoms with Crippen LogP contribution >= 0.6 is 0 Å². The Hall–Kier alpha value is -4.96. The topological polar surface area (TPSA) is 51.6 Å². The minimum Gasteiger partial charge on any atom is -0.264 e. The van der Waals surface area contributed by atoms with Gasteiger partial charge in [-0.15, -0.1) is 0 Å². The average molecular weight is 595 g/mol. The summed E-state index contributed by atoms with van der Waals surface area (Å²) in [6, 6.07) is 38.6. The lowest BCUT2D eigenvalue weighted by Crippen LogP contribution is -2.55. The number of aromatic nitrogens is 4. The number of nitrogens with zero attached hydrogens (tertiary/aromatic N) is 4. The summed E-state index contributed by atoms with van der Waals surface area (Å²) >= 11 is 0. The third kappa shape index (κ3) is 3.79. The Kier molecular flexibility index (Phi) is 5.72. The van der Waals surface area contributed by atoms with Crippen molar-refractivity contribution in [3.05, 3.63) is 133 Å². The Morgan fingerprint density at radius 1 is 0.457 bits per heavy atom. The number of benzene rings is 4. The van der Waals surface area contributed by atoms with E-state index in [1.807, 2.05) is 24.4 Å². The molecule has 222 valence electrons. The molecule has 0 N–H and O–H groups in total. The maximum absolute atomic E-state index is 5.23. The zero-order chi connectivity index (χ0) is 30.2. The van der Waals surface area contributed by atoms with Crippen molar-refractivity contribution >= 4 is 0 Å². The van der Waals surface area contributed by atoms with Gasteiger partial charge in [-0.2, -0.15) is 0 Å². The fourth-order valence-corrected chi connectivity index (χ4v) is 10.1. The maximum atomic E-state index is 5.23. The molecule has 0 aliphatic heterocycles. The van der Waals surface area contributed by atoms with Gasteiger partial charge in [0.1, 0.15) is 0 Å². The molecule has 0 unspecified atom stereocenters. The van der Waals surface area contributed by atoms with E-state index in [0.717, 1.165) is 34.4 Å². The van der Waals surface area contributed by atoms with Crippen LogP contribution < -0.4 is 0 Å². The molecule has 5 aliphatic rings. The van der Waals surface area contributed by atoms with E-state index in [-0.39, 0.29) is 5.41 Å². The second kappa shape index (κ2) is 10.0. The highest BCUT2D eigenvalue weighted by atomic mass is 15.0. The summed E-state index contributed by atoms with van der Waals surface area (Å²) in [6.45, 7) is 0. The zero-order valence-electron chi connectivity index (χ0n) is 25.7. The van der Waals surface area contributed by atoms with E-state index < -0.39 is 0 Å². The van der Waals surface area contributed by atoms with Crippen LogP contribution in [0.4, 0.5) is 0 Å². The molecule has 11 rings (SSSR count). The molecule has 6 aromatic rings. The molecular weight excluding hydrogens is 560 g/mol. The number of pyridine rings is 1. The van der Waals surface area contributed by atoms with Gasteiger partial charge in [-0.25, -0.2) is 15.0 Å². The predicted octanol–water partition coefficient (Wildman–Crippen LogP) is 9.66. The summed E-state index contributed by atoms with van der Waals surface area (Å²) in [4.78, 5) is 20.2. The minimum atomic E-state index is 0.0719. The maximum Gasteiger partial charge on any atom is 0.164 e. The van der Waals surface area contributed by atoms with Crippen molar-refractivity contribution in [1.29, 1.82) is 0 Å². The molecule has 4 nitrogen and oxygen atoms in total. The molecular formula is C42H34N4. The Balaban J connectivity index is 1.17. The van der Waals surface area contributed by atoms with Gasteiger partial charge in [0, 0.05) is 40.1 Å². The highest BCUT2D eigenvalue weighted by molar-refractivity contribution is 5.91. The summed E-state index contributed by atoms with van der Waals surface area (Å²) in [5, 5.41) is 0. The quantitative estimate of drug-likeness (QED) is 0.204. The molecule has 2 heterocycles. The van der Waals surface area contributed by atoms with Gasteiger partial charge < -0.3 is 0 Å². The van der Waals surface area contributed by atoms with Crippen molar-refractivity contribution in [2.24, 2.45) is 23.7 Å². The SMILES string of the molecule is c1ccc(-c2ccc(-c3nc(-c4ccccc4)nc(-c4cccc5c4-c4cnccc4C54C5CC6CC(C5)CC4C6)n3)cc2)cc1. The minimum absolute atomic E-state index is 0.0719. The highest BCUT2D eigenvalue weighted by Gasteiger charge is 2.61. The van der Waals surface area contributed by atoms with Gasteiger partial charge in [0.15, 0.2) is 17.5 Å². The van der Waals surface area contributed by atoms with Gasteiger partial charge in [-0.3, -0.25) is 4.98 Å². The van der Waals surface area contributed by atoms with Gasteiger partial charge >= 0.3 is 0 Å².